The van der Waals surface area contributed by atoms with E-state index in [0.29, 0.717) is 5.92 Å². The zero-order valence-electron chi connectivity index (χ0n) is 13.4. The minimum Gasteiger partial charge on any atom is -0.351 e. The molecule has 0 aliphatic heterocycles. The molecule has 0 amide bonds. The Morgan fingerprint density at radius 1 is 0.583 bits per heavy atom. The van der Waals surface area contributed by atoms with Crippen molar-refractivity contribution >= 4 is 0 Å². The third-order valence-corrected chi connectivity index (χ3v) is 3.80. The Bertz CT molecular complexity index is 683. The van der Waals surface area contributed by atoms with Crippen LogP contribution in [-0.2, 0) is 0 Å². The summed E-state index contributed by atoms with van der Waals surface area (Å²) in [5, 5.41) is 0. The van der Waals surface area contributed by atoms with Gasteiger partial charge in [-0.3, -0.25) is 0 Å². The first-order valence-electron chi connectivity index (χ1n) is 8.03. The van der Waals surface area contributed by atoms with Crippen LogP contribution in [0.25, 0.3) is 0 Å². The molecule has 0 fully saturated rings. The van der Waals surface area contributed by atoms with E-state index in [1.165, 1.54) is 16.7 Å². The molecule has 0 aliphatic rings. The summed E-state index contributed by atoms with van der Waals surface area (Å²) in [6.07, 6.45) is 5.08. The summed E-state index contributed by atoms with van der Waals surface area (Å²) < 4.78 is 0. The first-order valence-corrected chi connectivity index (χ1v) is 8.03. The molecule has 0 unspecified atom stereocenters. The number of aromatic amines is 1. The molecule has 0 spiro atoms. The number of benzene rings is 3. The minimum atomic E-state index is 0.309. The Morgan fingerprint density at radius 3 is 1.25 bits per heavy atom. The summed E-state index contributed by atoms with van der Waals surface area (Å²) in [6.45, 7) is 0. The van der Waals surface area contributed by atoms with Crippen LogP contribution in [0.5, 0.6) is 0 Å². The van der Waals surface area contributed by atoms with Crippen LogP contribution in [0, 0.1) is 0 Å². The predicted molar refractivity (Wildman–Crippen MR) is 98.9 cm³/mol. The maximum absolute atomic E-state index is 3.67. The summed E-state index contributed by atoms with van der Waals surface area (Å²) in [4.78, 5) is 6.42. The molecule has 4 rings (SSSR count). The number of imidazole rings is 1. The van der Waals surface area contributed by atoms with E-state index < -0.39 is 0 Å². The van der Waals surface area contributed by atoms with Gasteiger partial charge in [-0.2, -0.15) is 0 Å². The first kappa shape index (κ1) is 15.8. The largest absolute Gasteiger partial charge is 0.351 e. The van der Waals surface area contributed by atoms with Crippen LogP contribution in [0.4, 0.5) is 0 Å². The van der Waals surface area contributed by atoms with Crippen LogP contribution in [0.15, 0.2) is 110 Å². The van der Waals surface area contributed by atoms with Crippen molar-refractivity contribution in [1.82, 2.24) is 9.97 Å². The SMILES string of the molecule is c1c[nH]cn1.c1ccc(C(c2ccccc2)c2ccccc2)cc1. The van der Waals surface area contributed by atoms with Crippen LogP contribution in [0.1, 0.15) is 22.6 Å². The van der Waals surface area contributed by atoms with E-state index in [2.05, 4.69) is 101 Å². The van der Waals surface area contributed by atoms with Crippen LogP contribution in [0.3, 0.4) is 0 Å². The fourth-order valence-corrected chi connectivity index (χ4v) is 2.73. The Kier molecular flexibility index (Phi) is 5.57. The average molecular weight is 312 g/mol. The molecule has 1 N–H and O–H groups in total. The van der Waals surface area contributed by atoms with Crippen LogP contribution >= 0.6 is 0 Å². The van der Waals surface area contributed by atoms with Crippen molar-refractivity contribution in [2.45, 2.75) is 5.92 Å². The van der Waals surface area contributed by atoms with Crippen molar-refractivity contribution in [3.8, 4) is 0 Å². The third-order valence-electron chi connectivity index (χ3n) is 3.80. The lowest BCUT2D eigenvalue weighted by molar-refractivity contribution is 0.977. The van der Waals surface area contributed by atoms with Crippen LogP contribution < -0.4 is 0 Å². The molecule has 0 radical (unpaired) electrons. The highest BCUT2D eigenvalue weighted by atomic mass is 14.8. The Labute approximate surface area is 142 Å². The Morgan fingerprint density at radius 2 is 1.00 bits per heavy atom. The lowest BCUT2D eigenvalue weighted by Crippen LogP contribution is -2.02. The van der Waals surface area contributed by atoms with Gasteiger partial charge >= 0.3 is 0 Å². The molecule has 0 saturated carbocycles. The smallest absolute Gasteiger partial charge is 0.0919 e. The molecule has 118 valence electrons. The van der Waals surface area contributed by atoms with E-state index >= 15 is 0 Å². The van der Waals surface area contributed by atoms with Gasteiger partial charge in [-0.05, 0) is 16.7 Å². The number of hydrogen-bond acceptors (Lipinski definition) is 1. The van der Waals surface area contributed by atoms with Gasteiger partial charge in [0, 0.05) is 18.3 Å². The summed E-state index contributed by atoms with van der Waals surface area (Å²) in [5.74, 6) is 0.309. The zero-order chi connectivity index (χ0) is 16.5. The van der Waals surface area contributed by atoms with E-state index in [1.807, 2.05) is 0 Å². The summed E-state index contributed by atoms with van der Waals surface area (Å²) in [5.41, 5.74) is 4.00. The van der Waals surface area contributed by atoms with Crippen molar-refractivity contribution < 1.29 is 0 Å². The van der Waals surface area contributed by atoms with E-state index in [4.69, 9.17) is 0 Å². The molecule has 4 aromatic rings. The zero-order valence-corrected chi connectivity index (χ0v) is 13.4. The van der Waals surface area contributed by atoms with Crippen molar-refractivity contribution in [3.63, 3.8) is 0 Å². The highest BCUT2D eigenvalue weighted by Crippen LogP contribution is 2.31. The topological polar surface area (TPSA) is 28.7 Å². The second kappa shape index (κ2) is 8.49. The van der Waals surface area contributed by atoms with Gasteiger partial charge < -0.3 is 4.98 Å². The molecule has 0 saturated heterocycles. The normalized spacial score (nSPS) is 10.0. The van der Waals surface area contributed by atoms with Crippen LogP contribution in [-0.4, -0.2) is 9.97 Å². The van der Waals surface area contributed by atoms with Crippen LogP contribution in [0.2, 0.25) is 0 Å². The number of nitrogens with one attached hydrogen (secondary N) is 1. The second-order valence-corrected chi connectivity index (χ2v) is 5.43. The molecule has 0 bridgehead atoms. The van der Waals surface area contributed by atoms with E-state index in [9.17, 15) is 0 Å². The monoisotopic (exact) mass is 312 g/mol. The van der Waals surface area contributed by atoms with Crippen molar-refractivity contribution in [2.24, 2.45) is 0 Å². The number of aromatic nitrogens is 2. The molecular formula is C22H20N2. The maximum Gasteiger partial charge on any atom is 0.0919 e. The fraction of sp³-hybridized carbons (Fsp3) is 0.0455. The highest BCUT2D eigenvalue weighted by molar-refractivity contribution is 5.42. The standard InChI is InChI=1S/C19H16.C3H4N2/c1-4-10-16(11-5-1)19(17-12-6-2-7-13-17)18-14-8-3-9-15-18;1-2-5-3-4-1/h1-15,19H;1-3H,(H,4,5). The maximum atomic E-state index is 3.67. The summed E-state index contributed by atoms with van der Waals surface area (Å²) in [6, 6.07) is 32.0. The molecule has 1 aromatic heterocycles. The van der Waals surface area contributed by atoms with Gasteiger partial charge in [-0.25, -0.2) is 4.98 Å². The molecular weight excluding hydrogens is 292 g/mol. The van der Waals surface area contributed by atoms with Gasteiger partial charge in [0.2, 0.25) is 0 Å². The third kappa shape index (κ3) is 4.20. The quantitative estimate of drug-likeness (QED) is 0.512. The van der Waals surface area contributed by atoms with E-state index in [-0.39, 0.29) is 0 Å². The van der Waals surface area contributed by atoms with E-state index in [0.717, 1.165) is 0 Å². The second-order valence-electron chi connectivity index (χ2n) is 5.43. The highest BCUT2D eigenvalue weighted by Gasteiger charge is 2.15. The molecule has 0 aliphatic carbocycles. The minimum absolute atomic E-state index is 0.309. The molecule has 24 heavy (non-hydrogen) atoms. The van der Waals surface area contributed by atoms with Crippen molar-refractivity contribution in [2.75, 3.05) is 0 Å². The van der Waals surface area contributed by atoms with Crippen molar-refractivity contribution in [3.05, 3.63) is 126 Å². The Hall–Kier alpha value is -3.13. The predicted octanol–water partition coefficient (Wildman–Crippen LogP) is 5.28. The van der Waals surface area contributed by atoms with Gasteiger partial charge in [0.15, 0.2) is 0 Å². The molecule has 1 heterocycles. The Balaban J connectivity index is 0.000000290. The van der Waals surface area contributed by atoms with Gasteiger partial charge in [0.1, 0.15) is 0 Å². The molecule has 0 atom stereocenters. The molecule has 3 aromatic carbocycles. The van der Waals surface area contributed by atoms with Gasteiger partial charge in [0.05, 0.1) is 6.33 Å². The fourth-order valence-electron chi connectivity index (χ4n) is 2.73. The number of H-pyrrole nitrogens is 1. The number of hydrogen-bond donors (Lipinski definition) is 1. The van der Waals surface area contributed by atoms with Gasteiger partial charge in [-0.1, -0.05) is 91.0 Å². The number of nitrogens with zero attached hydrogens (tertiary/aromatic N) is 1. The number of rotatable bonds is 3. The average Bonchev–Trinajstić information content (AvgIpc) is 3.25. The lowest BCUT2D eigenvalue weighted by Gasteiger charge is -2.18. The first-order chi connectivity index (χ1) is 11.9. The summed E-state index contributed by atoms with van der Waals surface area (Å²) >= 11 is 0. The van der Waals surface area contributed by atoms with Gasteiger partial charge in [0.25, 0.3) is 0 Å². The lowest BCUT2D eigenvalue weighted by atomic mass is 9.85. The van der Waals surface area contributed by atoms with Crippen molar-refractivity contribution in [1.29, 1.82) is 0 Å². The molecule has 2 heteroatoms. The molecule has 2 nitrogen and oxygen atoms in total. The summed E-state index contributed by atoms with van der Waals surface area (Å²) in [7, 11) is 0. The van der Waals surface area contributed by atoms with E-state index in [1.54, 1.807) is 18.7 Å². The van der Waals surface area contributed by atoms with Gasteiger partial charge in [-0.15, -0.1) is 0 Å².